The van der Waals surface area contributed by atoms with E-state index >= 15 is 0 Å². The van der Waals surface area contributed by atoms with Crippen LogP contribution < -0.4 is 10.5 Å². The van der Waals surface area contributed by atoms with Crippen LogP contribution in [0.1, 0.15) is 24.0 Å². The van der Waals surface area contributed by atoms with E-state index in [1.165, 1.54) is 11.1 Å². The molecule has 1 saturated heterocycles. The van der Waals surface area contributed by atoms with Gasteiger partial charge in [-0.05, 0) is 54.5 Å². The first kappa shape index (κ1) is 13.2. The van der Waals surface area contributed by atoms with Crippen molar-refractivity contribution in [2.75, 3.05) is 26.4 Å². The van der Waals surface area contributed by atoms with E-state index in [1.807, 2.05) is 12.1 Å². The quantitative estimate of drug-likeness (QED) is 0.926. The second kappa shape index (κ2) is 5.31. The highest BCUT2D eigenvalue weighted by molar-refractivity contribution is 6.30. The zero-order valence-corrected chi connectivity index (χ0v) is 11.8. The average molecular weight is 282 g/mol. The first-order chi connectivity index (χ1) is 9.22. The molecule has 19 heavy (non-hydrogen) atoms. The highest BCUT2D eigenvalue weighted by atomic mass is 35.5. The molecule has 4 heteroatoms. The number of hydrogen-bond donors (Lipinski definition) is 1. The Morgan fingerprint density at radius 1 is 1.21 bits per heavy atom. The second-order valence-corrected chi connectivity index (χ2v) is 6.08. The van der Waals surface area contributed by atoms with Crippen molar-refractivity contribution in [3.8, 4) is 5.75 Å². The van der Waals surface area contributed by atoms with Crippen molar-refractivity contribution in [2.45, 2.75) is 25.7 Å². The van der Waals surface area contributed by atoms with Crippen molar-refractivity contribution in [2.24, 2.45) is 11.1 Å². The van der Waals surface area contributed by atoms with Gasteiger partial charge in [0.05, 0.1) is 6.61 Å². The third-order valence-electron chi connectivity index (χ3n) is 4.38. The van der Waals surface area contributed by atoms with Crippen LogP contribution in [0.15, 0.2) is 12.1 Å². The number of hydrogen-bond acceptors (Lipinski definition) is 3. The van der Waals surface area contributed by atoms with E-state index in [0.29, 0.717) is 6.54 Å². The zero-order valence-electron chi connectivity index (χ0n) is 11.1. The first-order valence-corrected chi connectivity index (χ1v) is 7.32. The maximum atomic E-state index is 6.22. The van der Waals surface area contributed by atoms with Crippen molar-refractivity contribution in [3.05, 3.63) is 28.3 Å². The Kier molecular flexibility index (Phi) is 3.70. The third kappa shape index (κ3) is 2.60. The summed E-state index contributed by atoms with van der Waals surface area (Å²) in [5.74, 6) is 1.05. The fourth-order valence-electron chi connectivity index (χ4n) is 3.14. The van der Waals surface area contributed by atoms with E-state index in [4.69, 9.17) is 26.8 Å². The molecule has 3 rings (SSSR count). The highest BCUT2D eigenvalue weighted by Gasteiger charge is 2.33. The molecule has 1 aromatic carbocycles. The van der Waals surface area contributed by atoms with Crippen molar-refractivity contribution in [1.29, 1.82) is 0 Å². The van der Waals surface area contributed by atoms with Crippen LogP contribution in [0.25, 0.3) is 0 Å². The molecule has 3 nitrogen and oxygen atoms in total. The molecule has 0 aromatic heterocycles. The third-order valence-corrected chi connectivity index (χ3v) is 4.60. The normalized spacial score (nSPS) is 20.9. The first-order valence-electron chi connectivity index (χ1n) is 6.94. The largest absolute Gasteiger partial charge is 0.493 e. The molecule has 1 aromatic rings. The minimum Gasteiger partial charge on any atom is -0.493 e. The molecule has 104 valence electrons. The summed E-state index contributed by atoms with van der Waals surface area (Å²) in [5, 5.41) is 0.804. The summed E-state index contributed by atoms with van der Waals surface area (Å²) >= 11 is 6.22. The molecule has 0 radical (unpaired) electrons. The number of benzene rings is 1. The van der Waals surface area contributed by atoms with Gasteiger partial charge in [0.2, 0.25) is 0 Å². The smallest absolute Gasteiger partial charge is 0.125 e. The molecule has 0 atom stereocenters. The average Bonchev–Trinajstić information content (AvgIpc) is 2.88. The monoisotopic (exact) mass is 281 g/mol. The molecule has 0 saturated carbocycles. The van der Waals surface area contributed by atoms with Crippen LogP contribution in [-0.2, 0) is 17.6 Å². The Balaban J connectivity index is 1.90. The molecule has 0 unspecified atom stereocenters. The van der Waals surface area contributed by atoms with Gasteiger partial charge in [-0.15, -0.1) is 0 Å². The maximum Gasteiger partial charge on any atom is 0.125 e. The van der Waals surface area contributed by atoms with Crippen LogP contribution in [0.4, 0.5) is 0 Å². The molecule has 0 aliphatic carbocycles. The fourth-order valence-corrected chi connectivity index (χ4v) is 3.40. The molecular formula is C15H20ClNO2. The van der Waals surface area contributed by atoms with E-state index in [0.717, 1.165) is 56.3 Å². The summed E-state index contributed by atoms with van der Waals surface area (Å²) in [6.07, 6.45) is 3.94. The van der Waals surface area contributed by atoms with Gasteiger partial charge in [0, 0.05) is 24.7 Å². The summed E-state index contributed by atoms with van der Waals surface area (Å²) in [7, 11) is 0. The van der Waals surface area contributed by atoms with Gasteiger partial charge >= 0.3 is 0 Å². The minimum absolute atomic E-state index is 0.142. The Morgan fingerprint density at radius 3 is 2.74 bits per heavy atom. The lowest BCUT2D eigenvalue weighted by Crippen LogP contribution is -2.38. The Morgan fingerprint density at radius 2 is 2.00 bits per heavy atom. The molecule has 2 aliphatic heterocycles. The summed E-state index contributed by atoms with van der Waals surface area (Å²) in [4.78, 5) is 0. The number of rotatable bonds is 3. The Labute approximate surface area is 119 Å². The predicted octanol–water partition coefficient (Wildman–Crippen LogP) is 2.57. The number of fused-ring (bicyclic) bond motifs is 1. The van der Waals surface area contributed by atoms with Gasteiger partial charge in [0.25, 0.3) is 0 Å². The van der Waals surface area contributed by atoms with Gasteiger partial charge in [-0.25, -0.2) is 0 Å². The highest BCUT2D eigenvalue weighted by Crippen LogP contribution is 2.40. The minimum atomic E-state index is 0.142. The van der Waals surface area contributed by atoms with Gasteiger partial charge in [-0.2, -0.15) is 0 Å². The molecule has 2 aliphatic rings. The van der Waals surface area contributed by atoms with Gasteiger partial charge in [-0.1, -0.05) is 11.6 Å². The SMILES string of the molecule is NCC1(Cc2cc(Cl)cc3c2OCC3)CCOCC1. The fraction of sp³-hybridized carbons (Fsp3) is 0.600. The van der Waals surface area contributed by atoms with E-state index in [2.05, 4.69) is 0 Å². The lowest BCUT2D eigenvalue weighted by atomic mass is 9.75. The van der Waals surface area contributed by atoms with Crippen molar-refractivity contribution >= 4 is 11.6 Å². The van der Waals surface area contributed by atoms with Gasteiger partial charge in [0.1, 0.15) is 5.75 Å². The molecule has 2 heterocycles. The van der Waals surface area contributed by atoms with Gasteiger partial charge in [-0.3, -0.25) is 0 Å². The van der Waals surface area contributed by atoms with Crippen LogP contribution in [0.3, 0.4) is 0 Å². The molecule has 0 spiro atoms. The van der Waals surface area contributed by atoms with E-state index in [9.17, 15) is 0 Å². The Hall–Kier alpha value is -0.770. The second-order valence-electron chi connectivity index (χ2n) is 5.64. The number of ether oxygens (including phenoxy) is 2. The van der Waals surface area contributed by atoms with Crippen molar-refractivity contribution in [3.63, 3.8) is 0 Å². The lowest BCUT2D eigenvalue weighted by Gasteiger charge is -2.36. The zero-order chi connectivity index (χ0) is 13.3. The summed E-state index contributed by atoms with van der Waals surface area (Å²) in [6, 6.07) is 4.06. The van der Waals surface area contributed by atoms with E-state index in [-0.39, 0.29) is 5.41 Å². The maximum absolute atomic E-state index is 6.22. The van der Waals surface area contributed by atoms with Crippen LogP contribution in [0.5, 0.6) is 5.75 Å². The number of nitrogens with two attached hydrogens (primary N) is 1. The van der Waals surface area contributed by atoms with Crippen LogP contribution in [0.2, 0.25) is 5.02 Å². The van der Waals surface area contributed by atoms with E-state index < -0.39 is 0 Å². The Bertz CT molecular complexity index is 469. The standard InChI is InChI=1S/C15H20ClNO2/c16-13-7-11-1-4-19-14(11)12(8-13)9-15(10-17)2-5-18-6-3-15/h7-8H,1-6,9-10,17H2. The molecule has 0 amide bonds. The molecule has 1 fully saturated rings. The van der Waals surface area contributed by atoms with Gasteiger partial charge in [0.15, 0.2) is 0 Å². The summed E-state index contributed by atoms with van der Waals surface area (Å²) in [6.45, 7) is 3.07. The van der Waals surface area contributed by atoms with Crippen LogP contribution >= 0.6 is 11.6 Å². The molecule has 2 N–H and O–H groups in total. The van der Waals surface area contributed by atoms with E-state index in [1.54, 1.807) is 0 Å². The van der Waals surface area contributed by atoms with Crippen LogP contribution in [-0.4, -0.2) is 26.4 Å². The number of halogens is 1. The molecular weight excluding hydrogens is 262 g/mol. The summed E-state index contributed by atoms with van der Waals surface area (Å²) < 4.78 is 11.3. The predicted molar refractivity (Wildman–Crippen MR) is 75.9 cm³/mol. The van der Waals surface area contributed by atoms with Gasteiger partial charge < -0.3 is 15.2 Å². The molecule has 0 bridgehead atoms. The summed E-state index contributed by atoms with van der Waals surface area (Å²) in [5.41, 5.74) is 8.63. The van der Waals surface area contributed by atoms with Crippen molar-refractivity contribution in [1.82, 2.24) is 0 Å². The van der Waals surface area contributed by atoms with Crippen LogP contribution in [0, 0.1) is 5.41 Å². The lowest BCUT2D eigenvalue weighted by molar-refractivity contribution is 0.0189. The topological polar surface area (TPSA) is 44.5 Å². The van der Waals surface area contributed by atoms with Crippen molar-refractivity contribution < 1.29 is 9.47 Å².